The topological polar surface area (TPSA) is 0 Å². The Hall–Kier alpha value is -0.520. The fraction of sp³-hybridized carbons (Fsp3) is 0.800. The van der Waals surface area contributed by atoms with Crippen LogP contribution in [-0.2, 0) is 0 Å². The first-order chi connectivity index (χ1) is 9.36. The summed E-state index contributed by atoms with van der Waals surface area (Å²) in [6.45, 7) is 18.0. The van der Waals surface area contributed by atoms with Crippen LogP contribution < -0.4 is 0 Å². The molecule has 0 aliphatic heterocycles. The molecule has 0 saturated carbocycles. The molecule has 0 rings (SSSR count). The molecule has 0 aromatic rings. The van der Waals surface area contributed by atoms with Crippen molar-refractivity contribution in [3.05, 3.63) is 23.8 Å². The number of hydrogen-bond donors (Lipinski definition) is 0. The van der Waals surface area contributed by atoms with Crippen LogP contribution in [0.4, 0.5) is 0 Å². The second-order valence-electron chi connectivity index (χ2n) is 6.57. The van der Waals surface area contributed by atoms with Gasteiger partial charge in [0.05, 0.1) is 0 Å². The summed E-state index contributed by atoms with van der Waals surface area (Å²) in [6, 6.07) is 0. The average Bonchev–Trinajstić information content (AvgIpc) is 2.39. The third kappa shape index (κ3) is 15.5. The van der Waals surface area contributed by atoms with Gasteiger partial charge in [0.15, 0.2) is 0 Å². The minimum absolute atomic E-state index is 0.733. The molecule has 0 nitrogen and oxygen atoms in total. The van der Waals surface area contributed by atoms with Crippen LogP contribution in [0.15, 0.2) is 23.8 Å². The molecule has 0 saturated heterocycles. The van der Waals surface area contributed by atoms with Crippen LogP contribution in [0.25, 0.3) is 0 Å². The first kappa shape index (κ1) is 21.8. The van der Waals surface area contributed by atoms with Crippen molar-refractivity contribution >= 4 is 0 Å². The second-order valence-corrected chi connectivity index (χ2v) is 6.57. The van der Waals surface area contributed by atoms with Gasteiger partial charge in [-0.2, -0.15) is 0 Å². The molecule has 0 radical (unpaired) electrons. The van der Waals surface area contributed by atoms with Gasteiger partial charge in [0.2, 0.25) is 0 Å². The lowest BCUT2D eigenvalue weighted by molar-refractivity contribution is 0.503. The van der Waals surface area contributed by atoms with Gasteiger partial charge in [-0.1, -0.05) is 91.5 Å². The van der Waals surface area contributed by atoms with Crippen LogP contribution in [0.2, 0.25) is 0 Å². The molecule has 20 heavy (non-hydrogen) atoms. The Kier molecular flexibility index (Phi) is 16.2. The Morgan fingerprint density at radius 1 is 0.900 bits per heavy atom. The van der Waals surface area contributed by atoms with E-state index in [1.807, 2.05) is 0 Å². The van der Waals surface area contributed by atoms with Crippen molar-refractivity contribution < 1.29 is 0 Å². The molecule has 0 heterocycles. The first-order valence-corrected chi connectivity index (χ1v) is 8.69. The van der Waals surface area contributed by atoms with E-state index in [0.717, 1.165) is 17.8 Å². The van der Waals surface area contributed by atoms with Crippen molar-refractivity contribution in [2.75, 3.05) is 0 Å². The molecule has 1 atom stereocenters. The van der Waals surface area contributed by atoms with Gasteiger partial charge in [-0.3, -0.25) is 0 Å². The highest BCUT2D eigenvalue weighted by molar-refractivity contribution is 5.00. The van der Waals surface area contributed by atoms with Gasteiger partial charge >= 0.3 is 0 Å². The molecule has 0 aromatic carbocycles. The summed E-state index contributed by atoms with van der Waals surface area (Å²) in [5.74, 6) is 2.26. The first-order valence-electron chi connectivity index (χ1n) is 8.69. The van der Waals surface area contributed by atoms with Gasteiger partial charge < -0.3 is 0 Å². The molecule has 0 fully saturated rings. The molecule has 120 valence electrons. The maximum atomic E-state index is 2.37. The maximum Gasteiger partial charge on any atom is -0.0239 e. The predicted molar refractivity (Wildman–Crippen MR) is 96.2 cm³/mol. The van der Waals surface area contributed by atoms with E-state index >= 15 is 0 Å². The van der Waals surface area contributed by atoms with E-state index in [9.17, 15) is 0 Å². The minimum Gasteiger partial charge on any atom is -0.0883 e. The Labute approximate surface area is 129 Å². The summed E-state index contributed by atoms with van der Waals surface area (Å²) in [5.41, 5.74) is 1.54. The van der Waals surface area contributed by atoms with Crippen molar-refractivity contribution in [3.8, 4) is 0 Å². The highest BCUT2D eigenvalue weighted by atomic mass is 14.1. The lowest BCUT2D eigenvalue weighted by atomic mass is 9.97. The highest BCUT2D eigenvalue weighted by Gasteiger charge is 2.00. The summed E-state index contributed by atoms with van der Waals surface area (Å²) in [5, 5.41) is 0. The number of unbranched alkanes of at least 4 members (excludes halogenated alkanes) is 3. The van der Waals surface area contributed by atoms with Crippen molar-refractivity contribution in [2.45, 2.75) is 87.5 Å². The minimum atomic E-state index is 0.733. The van der Waals surface area contributed by atoms with E-state index in [4.69, 9.17) is 0 Å². The summed E-state index contributed by atoms with van der Waals surface area (Å²) < 4.78 is 0. The molecule has 0 N–H and O–H groups in total. The highest BCUT2D eigenvalue weighted by Crippen LogP contribution is 2.11. The monoisotopic (exact) mass is 280 g/mol. The smallest absolute Gasteiger partial charge is 0.0239 e. The van der Waals surface area contributed by atoms with Gasteiger partial charge in [-0.25, -0.2) is 0 Å². The molecule has 0 aliphatic rings. The Morgan fingerprint density at radius 2 is 1.50 bits per heavy atom. The van der Waals surface area contributed by atoms with E-state index < -0.39 is 0 Å². The standard InChI is InChI=1S/2C10H20/c2*1-5-6-7-8-10(4)9(2)3/h8-9H,5-7H2,1-4H3;7-10H,5-6H2,1-4H3/b10-8+;8-7+. The normalized spacial score (nSPS) is 13.8. The van der Waals surface area contributed by atoms with E-state index in [2.05, 4.69) is 73.6 Å². The van der Waals surface area contributed by atoms with Crippen LogP contribution in [0, 0.1) is 17.8 Å². The molecular formula is C20H40. The summed E-state index contributed by atoms with van der Waals surface area (Å²) in [7, 11) is 0. The van der Waals surface area contributed by atoms with E-state index in [0.29, 0.717) is 0 Å². The van der Waals surface area contributed by atoms with Gasteiger partial charge in [0.25, 0.3) is 0 Å². The quantitative estimate of drug-likeness (QED) is 0.320. The van der Waals surface area contributed by atoms with Crippen molar-refractivity contribution in [1.82, 2.24) is 0 Å². The zero-order valence-electron chi connectivity index (χ0n) is 15.5. The predicted octanol–water partition coefficient (Wildman–Crippen LogP) is 7.41. The molecule has 1 unspecified atom stereocenters. The molecular weight excluding hydrogens is 240 g/mol. The van der Waals surface area contributed by atoms with Crippen LogP contribution in [0.1, 0.15) is 87.5 Å². The Balaban J connectivity index is 0. The lowest BCUT2D eigenvalue weighted by Gasteiger charge is -2.08. The zero-order valence-corrected chi connectivity index (χ0v) is 15.5. The van der Waals surface area contributed by atoms with Gasteiger partial charge in [-0.05, 0) is 37.5 Å². The maximum absolute atomic E-state index is 2.37. The van der Waals surface area contributed by atoms with Gasteiger partial charge in [0, 0.05) is 0 Å². The molecule has 0 aromatic heterocycles. The molecule has 0 spiro atoms. The van der Waals surface area contributed by atoms with Crippen molar-refractivity contribution in [2.24, 2.45) is 17.8 Å². The van der Waals surface area contributed by atoms with Crippen molar-refractivity contribution in [1.29, 1.82) is 0 Å². The van der Waals surface area contributed by atoms with Crippen LogP contribution in [0.5, 0.6) is 0 Å². The number of hydrogen-bond acceptors (Lipinski definition) is 0. The second kappa shape index (κ2) is 14.9. The van der Waals surface area contributed by atoms with Crippen LogP contribution >= 0.6 is 0 Å². The molecule has 0 aliphatic carbocycles. The average molecular weight is 281 g/mol. The van der Waals surface area contributed by atoms with E-state index in [1.165, 1.54) is 37.7 Å². The fourth-order valence-electron chi connectivity index (χ4n) is 1.47. The SMILES string of the molecule is CCC/C=C/C(C)C(C)C.CCCC/C=C(\C)C(C)C. The third-order valence-corrected chi connectivity index (χ3v) is 3.88. The van der Waals surface area contributed by atoms with Gasteiger partial charge in [0.1, 0.15) is 0 Å². The van der Waals surface area contributed by atoms with Gasteiger partial charge in [-0.15, -0.1) is 0 Å². The number of rotatable bonds is 8. The zero-order chi connectivity index (χ0) is 16.0. The number of allylic oxidation sites excluding steroid dienone is 4. The summed E-state index contributed by atoms with van der Waals surface area (Å²) >= 11 is 0. The van der Waals surface area contributed by atoms with E-state index in [-0.39, 0.29) is 0 Å². The van der Waals surface area contributed by atoms with Crippen molar-refractivity contribution in [3.63, 3.8) is 0 Å². The molecule has 0 bridgehead atoms. The fourth-order valence-corrected chi connectivity index (χ4v) is 1.47. The molecule has 0 heteroatoms. The van der Waals surface area contributed by atoms with E-state index in [1.54, 1.807) is 0 Å². The summed E-state index contributed by atoms with van der Waals surface area (Å²) in [4.78, 5) is 0. The lowest BCUT2D eigenvalue weighted by Crippen LogP contribution is -1.98. The third-order valence-electron chi connectivity index (χ3n) is 3.88. The largest absolute Gasteiger partial charge is 0.0883 e. The molecule has 0 amide bonds. The Morgan fingerprint density at radius 3 is 1.90 bits per heavy atom. The summed E-state index contributed by atoms with van der Waals surface area (Å²) in [6.07, 6.45) is 13.4. The Bertz CT molecular complexity index is 243. The van der Waals surface area contributed by atoms with Crippen LogP contribution in [-0.4, -0.2) is 0 Å². The van der Waals surface area contributed by atoms with Crippen LogP contribution in [0.3, 0.4) is 0 Å².